The van der Waals surface area contributed by atoms with E-state index in [4.69, 9.17) is 0 Å². The molecule has 0 unspecified atom stereocenters. The summed E-state index contributed by atoms with van der Waals surface area (Å²) in [6.07, 6.45) is 9.96. The number of hydrogen-bond donors (Lipinski definition) is 2. The first kappa shape index (κ1) is 13.5. The number of nitrogens with one attached hydrogen (secondary N) is 2. The number of carbonyl (C=O) groups is 1. The molecule has 1 amide bonds. The zero-order valence-electron chi connectivity index (χ0n) is 12.9. The molecular weight excluding hydrogens is 278 g/mol. The number of rotatable bonds is 3. The van der Waals surface area contributed by atoms with Gasteiger partial charge >= 0.3 is 0 Å². The van der Waals surface area contributed by atoms with Crippen LogP contribution in [0.5, 0.6) is 0 Å². The van der Waals surface area contributed by atoms with Gasteiger partial charge in [0.25, 0.3) is 5.91 Å². The summed E-state index contributed by atoms with van der Waals surface area (Å²) >= 11 is 0. The lowest BCUT2D eigenvalue weighted by Gasteiger charge is -2.42. The minimum atomic E-state index is -0.330. The molecule has 22 heavy (non-hydrogen) atoms. The van der Waals surface area contributed by atoms with Gasteiger partial charge in [0.05, 0.1) is 5.56 Å². The summed E-state index contributed by atoms with van der Waals surface area (Å²) in [6, 6.07) is 0. The Morgan fingerprint density at radius 2 is 2.14 bits per heavy atom. The molecule has 4 rings (SSSR count). The molecule has 0 aromatic carbocycles. The smallest absolute Gasteiger partial charge is 0.253 e. The van der Waals surface area contributed by atoms with Crippen LogP contribution in [-0.4, -0.2) is 25.7 Å². The number of fused-ring (bicyclic) bond motifs is 1. The fourth-order valence-corrected chi connectivity index (χ4v) is 3.57. The van der Waals surface area contributed by atoms with Gasteiger partial charge in [-0.15, -0.1) is 10.2 Å². The third-order valence-corrected chi connectivity index (χ3v) is 5.04. The molecule has 0 atom stereocenters. The summed E-state index contributed by atoms with van der Waals surface area (Å²) in [7, 11) is 0. The monoisotopic (exact) mass is 299 g/mol. The standard InChI is InChI=1S/C16H21N5O/c1-11-9-17-10-12(11)14(22)18-16(6-4-7-16)15-20-19-13-5-2-3-8-21(13)15/h9-10,17H,2-8H2,1H3,(H,18,22). The predicted molar refractivity (Wildman–Crippen MR) is 81.5 cm³/mol. The number of aromatic amines is 1. The van der Waals surface area contributed by atoms with E-state index in [1.807, 2.05) is 13.1 Å². The van der Waals surface area contributed by atoms with E-state index in [0.717, 1.165) is 49.4 Å². The molecule has 1 aliphatic heterocycles. The second-order valence-electron chi connectivity index (χ2n) is 6.49. The van der Waals surface area contributed by atoms with Crippen molar-refractivity contribution in [3.05, 3.63) is 35.2 Å². The Morgan fingerprint density at radius 1 is 1.27 bits per heavy atom. The highest BCUT2D eigenvalue weighted by molar-refractivity contribution is 5.96. The van der Waals surface area contributed by atoms with E-state index in [0.29, 0.717) is 5.56 Å². The van der Waals surface area contributed by atoms with Crippen molar-refractivity contribution in [1.82, 2.24) is 25.1 Å². The van der Waals surface area contributed by atoms with Crippen LogP contribution in [0.2, 0.25) is 0 Å². The molecule has 0 spiro atoms. The quantitative estimate of drug-likeness (QED) is 0.911. The summed E-state index contributed by atoms with van der Waals surface area (Å²) < 4.78 is 2.23. The number of H-pyrrole nitrogens is 1. The third kappa shape index (κ3) is 1.97. The van der Waals surface area contributed by atoms with Crippen molar-refractivity contribution >= 4 is 5.91 Å². The normalized spacial score (nSPS) is 19.3. The molecule has 6 nitrogen and oxygen atoms in total. The molecule has 3 heterocycles. The molecule has 1 fully saturated rings. The van der Waals surface area contributed by atoms with Crippen LogP contribution in [0, 0.1) is 6.92 Å². The van der Waals surface area contributed by atoms with Crippen molar-refractivity contribution in [2.45, 2.75) is 57.5 Å². The van der Waals surface area contributed by atoms with Gasteiger partial charge < -0.3 is 14.9 Å². The Balaban J connectivity index is 1.65. The molecule has 2 aromatic rings. The third-order valence-electron chi connectivity index (χ3n) is 5.04. The molecule has 2 N–H and O–H groups in total. The van der Waals surface area contributed by atoms with Crippen molar-refractivity contribution in [2.24, 2.45) is 0 Å². The lowest BCUT2D eigenvalue weighted by atomic mass is 9.75. The van der Waals surface area contributed by atoms with Crippen molar-refractivity contribution in [3.63, 3.8) is 0 Å². The summed E-state index contributed by atoms with van der Waals surface area (Å²) in [4.78, 5) is 15.6. The lowest BCUT2D eigenvalue weighted by molar-refractivity contribution is 0.0800. The molecule has 0 radical (unpaired) electrons. The molecule has 1 aliphatic carbocycles. The van der Waals surface area contributed by atoms with E-state index in [1.54, 1.807) is 6.20 Å². The van der Waals surface area contributed by atoms with Gasteiger partial charge in [-0.3, -0.25) is 4.79 Å². The van der Waals surface area contributed by atoms with Crippen LogP contribution in [0.25, 0.3) is 0 Å². The number of carbonyl (C=O) groups excluding carboxylic acids is 1. The van der Waals surface area contributed by atoms with Crippen LogP contribution >= 0.6 is 0 Å². The second kappa shape index (κ2) is 4.97. The predicted octanol–water partition coefficient (Wildman–Crippen LogP) is 2.06. The van der Waals surface area contributed by atoms with Gasteiger partial charge in [-0.1, -0.05) is 0 Å². The Bertz CT molecular complexity index is 710. The average Bonchev–Trinajstić information content (AvgIpc) is 3.09. The minimum absolute atomic E-state index is 0.0217. The lowest BCUT2D eigenvalue weighted by Crippen LogP contribution is -2.52. The zero-order chi connectivity index (χ0) is 15.2. The van der Waals surface area contributed by atoms with E-state index >= 15 is 0 Å². The first-order chi connectivity index (χ1) is 10.7. The Hall–Kier alpha value is -2.11. The SMILES string of the molecule is Cc1c[nH]cc1C(=O)NC1(c2nnc3n2CCCC3)CCC1. The molecular formula is C16H21N5O. The average molecular weight is 299 g/mol. The van der Waals surface area contributed by atoms with Crippen LogP contribution in [0.15, 0.2) is 12.4 Å². The highest BCUT2D eigenvalue weighted by Gasteiger charge is 2.45. The van der Waals surface area contributed by atoms with Crippen LogP contribution in [0.3, 0.4) is 0 Å². The summed E-state index contributed by atoms with van der Waals surface area (Å²) in [5.74, 6) is 2.00. The van der Waals surface area contributed by atoms with E-state index in [1.165, 1.54) is 12.8 Å². The van der Waals surface area contributed by atoms with Crippen LogP contribution in [0.1, 0.15) is 59.7 Å². The minimum Gasteiger partial charge on any atom is -0.367 e. The second-order valence-corrected chi connectivity index (χ2v) is 6.49. The number of amides is 1. The van der Waals surface area contributed by atoms with E-state index in [2.05, 4.69) is 25.1 Å². The molecule has 1 saturated carbocycles. The van der Waals surface area contributed by atoms with Crippen LogP contribution in [0.4, 0.5) is 0 Å². The van der Waals surface area contributed by atoms with Crippen molar-refractivity contribution < 1.29 is 4.79 Å². The Labute approximate surface area is 129 Å². The van der Waals surface area contributed by atoms with Gasteiger partial charge in [-0.25, -0.2) is 0 Å². The van der Waals surface area contributed by atoms with Gasteiger partial charge in [0.1, 0.15) is 11.4 Å². The first-order valence-corrected chi connectivity index (χ1v) is 8.08. The fraction of sp³-hybridized carbons (Fsp3) is 0.562. The first-order valence-electron chi connectivity index (χ1n) is 8.08. The Kier molecular flexibility index (Phi) is 3.06. The van der Waals surface area contributed by atoms with E-state index in [9.17, 15) is 4.79 Å². The van der Waals surface area contributed by atoms with Crippen molar-refractivity contribution in [1.29, 1.82) is 0 Å². The van der Waals surface area contributed by atoms with Gasteiger partial charge in [-0.05, 0) is 44.6 Å². The summed E-state index contributed by atoms with van der Waals surface area (Å²) in [5.41, 5.74) is 1.35. The number of aromatic nitrogens is 4. The maximum Gasteiger partial charge on any atom is 0.253 e. The zero-order valence-corrected chi connectivity index (χ0v) is 12.9. The van der Waals surface area contributed by atoms with Crippen molar-refractivity contribution in [2.75, 3.05) is 0 Å². The van der Waals surface area contributed by atoms with Crippen LogP contribution in [-0.2, 0) is 18.5 Å². The highest BCUT2D eigenvalue weighted by Crippen LogP contribution is 2.41. The van der Waals surface area contributed by atoms with E-state index in [-0.39, 0.29) is 11.4 Å². The maximum absolute atomic E-state index is 12.6. The van der Waals surface area contributed by atoms with Gasteiger partial charge in [0.2, 0.25) is 0 Å². The summed E-state index contributed by atoms with van der Waals surface area (Å²) in [5, 5.41) is 12.0. The molecule has 2 aliphatic rings. The fourth-order valence-electron chi connectivity index (χ4n) is 3.57. The Morgan fingerprint density at radius 3 is 2.82 bits per heavy atom. The topological polar surface area (TPSA) is 75.6 Å². The highest BCUT2D eigenvalue weighted by atomic mass is 16.1. The summed E-state index contributed by atoms with van der Waals surface area (Å²) in [6.45, 7) is 2.91. The van der Waals surface area contributed by atoms with Gasteiger partial charge in [0, 0.05) is 25.4 Å². The number of hydrogen-bond acceptors (Lipinski definition) is 3. The molecule has 0 saturated heterocycles. The molecule has 116 valence electrons. The molecule has 6 heteroatoms. The molecule has 2 aromatic heterocycles. The van der Waals surface area contributed by atoms with Crippen molar-refractivity contribution in [3.8, 4) is 0 Å². The number of nitrogens with zero attached hydrogens (tertiary/aromatic N) is 3. The largest absolute Gasteiger partial charge is 0.367 e. The van der Waals surface area contributed by atoms with Crippen LogP contribution < -0.4 is 5.32 Å². The van der Waals surface area contributed by atoms with E-state index < -0.39 is 0 Å². The van der Waals surface area contributed by atoms with Gasteiger partial charge in [-0.2, -0.15) is 0 Å². The van der Waals surface area contributed by atoms with Gasteiger partial charge in [0.15, 0.2) is 5.82 Å². The number of aryl methyl sites for hydroxylation is 2. The maximum atomic E-state index is 12.6. The molecule has 0 bridgehead atoms.